The molecule has 122 valence electrons. The van der Waals surface area contributed by atoms with Crippen LogP contribution in [0, 0.1) is 0 Å². The van der Waals surface area contributed by atoms with Gasteiger partial charge in [0.25, 0.3) is 0 Å². The molecule has 0 amide bonds. The highest BCUT2D eigenvalue weighted by Gasteiger charge is 2.33. The molecule has 1 fully saturated rings. The Morgan fingerprint density at radius 1 is 1.00 bits per heavy atom. The van der Waals surface area contributed by atoms with Gasteiger partial charge in [-0.15, -0.1) is 0 Å². The summed E-state index contributed by atoms with van der Waals surface area (Å²) in [5, 5.41) is 11.0. The van der Waals surface area contributed by atoms with E-state index in [0.29, 0.717) is 0 Å². The van der Waals surface area contributed by atoms with Crippen LogP contribution >= 0.6 is 0 Å². The molecule has 2 N–H and O–H groups in total. The van der Waals surface area contributed by atoms with E-state index in [2.05, 4.69) is 9.88 Å². The summed E-state index contributed by atoms with van der Waals surface area (Å²) in [4.78, 5) is 17.7. The molecule has 0 unspecified atom stereocenters. The van der Waals surface area contributed by atoms with Crippen LogP contribution in [-0.2, 0) is 4.79 Å². The number of nitrogens with zero attached hydrogens (tertiary/aromatic N) is 1. The Kier molecular flexibility index (Phi) is 3.82. The lowest BCUT2D eigenvalue weighted by Gasteiger charge is -2.24. The number of H-pyrrole nitrogens is 1. The molecule has 24 heavy (non-hydrogen) atoms. The smallest absolute Gasteiger partial charge is 0.325 e. The monoisotopic (exact) mass is 320 g/mol. The van der Waals surface area contributed by atoms with Gasteiger partial charge in [0.05, 0.1) is 5.69 Å². The molecular formula is C20H20N2O2. The van der Waals surface area contributed by atoms with E-state index in [1.165, 1.54) is 0 Å². The second kappa shape index (κ2) is 6.13. The molecular weight excluding hydrogens is 300 g/mol. The highest BCUT2D eigenvalue weighted by molar-refractivity contribution is 5.95. The van der Waals surface area contributed by atoms with Gasteiger partial charge >= 0.3 is 5.97 Å². The Labute approximate surface area is 140 Å². The number of para-hydroxylation sites is 1. The molecule has 1 atom stereocenters. The van der Waals surface area contributed by atoms with E-state index >= 15 is 0 Å². The highest BCUT2D eigenvalue weighted by atomic mass is 16.4. The molecule has 0 bridgehead atoms. The molecule has 2 heterocycles. The Bertz CT molecular complexity index is 864. The van der Waals surface area contributed by atoms with Crippen molar-refractivity contribution in [2.45, 2.75) is 18.9 Å². The average molecular weight is 320 g/mol. The van der Waals surface area contributed by atoms with Crippen LogP contribution in [0.3, 0.4) is 0 Å². The van der Waals surface area contributed by atoms with Crippen molar-refractivity contribution in [2.24, 2.45) is 0 Å². The van der Waals surface area contributed by atoms with Crippen molar-refractivity contribution < 1.29 is 9.90 Å². The number of hydrogen-bond acceptors (Lipinski definition) is 2. The first-order chi connectivity index (χ1) is 11.8. The van der Waals surface area contributed by atoms with E-state index in [1.807, 2.05) is 54.6 Å². The third-order valence-electron chi connectivity index (χ3n) is 4.82. The van der Waals surface area contributed by atoms with Gasteiger partial charge in [-0.1, -0.05) is 48.5 Å². The van der Waals surface area contributed by atoms with Crippen molar-refractivity contribution >= 4 is 16.9 Å². The minimum atomic E-state index is -0.779. The summed E-state index contributed by atoms with van der Waals surface area (Å²) in [6.07, 6.45) is 2.12. The van der Waals surface area contributed by atoms with E-state index < -0.39 is 12.0 Å². The summed E-state index contributed by atoms with van der Waals surface area (Å²) >= 11 is 0. The maximum absolute atomic E-state index is 12.2. The molecule has 0 saturated carbocycles. The zero-order chi connectivity index (χ0) is 16.5. The number of hydrogen-bond donors (Lipinski definition) is 2. The van der Waals surface area contributed by atoms with E-state index in [-0.39, 0.29) is 0 Å². The van der Waals surface area contributed by atoms with Gasteiger partial charge in [0, 0.05) is 16.5 Å². The van der Waals surface area contributed by atoms with Crippen molar-refractivity contribution in [3.05, 3.63) is 60.2 Å². The average Bonchev–Trinajstić information content (AvgIpc) is 3.25. The molecule has 2 aromatic carbocycles. The lowest BCUT2D eigenvalue weighted by atomic mass is 9.98. The van der Waals surface area contributed by atoms with E-state index in [4.69, 9.17) is 0 Å². The Morgan fingerprint density at radius 3 is 2.38 bits per heavy atom. The largest absolute Gasteiger partial charge is 0.480 e. The maximum atomic E-state index is 12.2. The topological polar surface area (TPSA) is 56.3 Å². The Morgan fingerprint density at radius 2 is 1.67 bits per heavy atom. The summed E-state index contributed by atoms with van der Waals surface area (Å²) in [5.74, 6) is -0.779. The predicted molar refractivity (Wildman–Crippen MR) is 94.9 cm³/mol. The summed E-state index contributed by atoms with van der Waals surface area (Å²) in [5.41, 5.74) is 3.80. The Hall–Kier alpha value is -2.59. The minimum Gasteiger partial charge on any atom is -0.480 e. The van der Waals surface area contributed by atoms with Gasteiger partial charge in [0.15, 0.2) is 0 Å². The van der Waals surface area contributed by atoms with Gasteiger partial charge in [-0.2, -0.15) is 0 Å². The molecule has 0 radical (unpaired) electrons. The van der Waals surface area contributed by atoms with Crippen LogP contribution in [0.2, 0.25) is 0 Å². The molecule has 3 aromatic rings. The van der Waals surface area contributed by atoms with Gasteiger partial charge < -0.3 is 10.1 Å². The molecule has 0 aliphatic carbocycles. The number of carboxylic acids is 1. The minimum absolute atomic E-state index is 0.612. The first kappa shape index (κ1) is 15.0. The van der Waals surface area contributed by atoms with E-state index in [0.717, 1.165) is 53.7 Å². The summed E-state index contributed by atoms with van der Waals surface area (Å²) in [7, 11) is 0. The number of nitrogens with one attached hydrogen (secondary N) is 1. The van der Waals surface area contributed by atoms with E-state index in [9.17, 15) is 9.90 Å². The third-order valence-corrected chi connectivity index (χ3v) is 4.82. The van der Waals surface area contributed by atoms with Crippen molar-refractivity contribution in [3.63, 3.8) is 0 Å². The lowest BCUT2D eigenvalue weighted by Crippen LogP contribution is -2.32. The summed E-state index contributed by atoms with van der Waals surface area (Å²) in [6, 6.07) is 17.3. The van der Waals surface area contributed by atoms with Crippen LogP contribution in [0.1, 0.15) is 24.4 Å². The second-order valence-electron chi connectivity index (χ2n) is 6.31. The number of fused-ring (bicyclic) bond motifs is 1. The molecule has 1 aliphatic heterocycles. The van der Waals surface area contributed by atoms with Crippen molar-refractivity contribution in [1.82, 2.24) is 9.88 Å². The number of carboxylic acid groups (broad SMARTS) is 1. The highest BCUT2D eigenvalue weighted by Crippen LogP contribution is 2.38. The first-order valence-electron chi connectivity index (χ1n) is 8.38. The number of aromatic nitrogens is 1. The summed E-state index contributed by atoms with van der Waals surface area (Å²) < 4.78 is 0. The summed E-state index contributed by atoms with van der Waals surface area (Å²) in [6.45, 7) is 1.68. The fourth-order valence-electron chi connectivity index (χ4n) is 3.74. The number of aromatic amines is 1. The van der Waals surface area contributed by atoms with Crippen LogP contribution in [-0.4, -0.2) is 34.0 Å². The molecule has 1 aromatic heterocycles. The predicted octanol–water partition coefficient (Wildman–Crippen LogP) is 4.06. The molecule has 0 spiro atoms. The maximum Gasteiger partial charge on any atom is 0.325 e. The zero-order valence-corrected chi connectivity index (χ0v) is 13.4. The van der Waals surface area contributed by atoms with Crippen LogP contribution in [0.5, 0.6) is 0 Å². The van der Waals surface area contributed by atoms with Crippen LogP contribution in [0.15, 0.2) is 54.6 Å². The number of rotatable bonds is 4. The normalized spacial score (nSPS) is 16.5. The fraction of sp³-hybridized carbons (Fsp3) is 0.250. The number of aliphatic carboxylic acids is 1. The van der Waals surface area contributed by atoms with Gasteiger partial charge in [0.1, 0.15) is 6.04 Å². The molecule has 1 aliphatic rings. The number of benzene rings is 2. The molecule has 4 nitrogen and oxygen atoms in total. The van der Waals surface area contributed by atoms with Crippen LogP contribution < -0.4 is 0 Å². The molecule has 4 rings (SSSR count). The SMILES string of the molecule is O=C(O)[C@H](c1c(-c2ccccc2)[nH]c2ccccc12)N1CCCC1. The molecule has 1 saturated heterocycles. The van der Waals surface area contributed by atoms with Gasteiger partial charge in [0.2, 0.25) is 0 Å². The standard InChI is InChI=1S/C20H20N2O2/c23-20(24)19(22-12-6-7-13-22)17-15-10-4-5-11-16(15)21-18(17)14-8-2-1-3-9-14/h1-5,8-11,19,21H,6-7,12-13H2,(H,23,24)/t19-/m0/s1. The third kappa shape index (κ3) is 2.49. The van der Waals surface area contributed by atoms with Gasteiger partial charge in [-0.25, -0.2) is 0 Å². The first-order valence-corrected chi connectivity index (χ1v) is 8.38. The van der Waals surface area contributed by atoms with E-state index in [1.54, 1.807) is 0 Å². The second-order valence-corrected chi connectivity index (χ2v) is 6.31. The molecule has 4 heteroatoms. The van der Waals surface area contributed by atoms with Crippen LogP contribution in [0.4, 0.5) is 0 Å². The zero-order valence-electron chi connectivity index (χ0n) is 13.4. The number of likely N-dealkylation sites (tertiary alicyclic amines) is 1. The van der Waals surface area contributed by atoms with Crippen molar-refractivity contribution in [1.29, 1.82) is 0 Å². The quantitative estimate of drug-likeness (QED) is 0.762. The fourth-order valence-corrected chi connectivity index (χ4v) is 3.74. The van der Waals surface area contributed by atoms with Gasteiger partial charge in [-0.3, -0.25) is 9.69 Å². The van der Waals surface area contributed by atoms with Crippen LogP contribution in [0.25, 0.3) is 22.2 Å². The number of carbonyl (C=O) groups is 1. The van der Waals surface area contributed by atoms with Crippen molar-refractivity contribution in [2.75, 3.05) is 13.1 Å². The van der Waals surface area contributed by atoms with Gasteiger partial charge in [-0.05, 0) is 37.6 Å². The lowest BCUT2D eigenvalue weighted by molar-refractivity contribution is -0.143. The Balaban J connectivity index is 1.96. The van der Waals surface area contributed by atoms with Crippen molar-refractivity contribution in [3.8, 4) is 11.3 Å².